The lowest BCUT2D eigenvalue weighted by Gasteiger charge is -2.10. The van der Waals surface area contributed by atoms with Crippen LogP contribution in [0.2, 0.25) is 0 Å². The Bertz CT molecular complexity index is 1210. The Labute approximate surface area is 179 Å². The van der Waals surface area contributed by atoms with Crippen LogP contribution in [0.4, 0.5) is 4.39 Å². The molecule has 0 radical (unpaired) electrons. The summed E-state index contributed by atoms with van der Waals surface area (Å²) in [4.78, 5) is 21.2. The first-order valence-electron chi connectivity index (χ1n) is 9.78. The second-order valence-electron chi connectivity index (χ2n) is 6.96. The average Bonchev–Trinajstić information content (AvgIpc) is 2.79. The van der Waals surface area contributed by atoms with Gasteiger partial charge in [0.25, 0.3) is 5.91 Å². The highest BCUT2D eigenvalue weighted by molar-refractivity contribution is 5.94. The second kappa shape index (κ2) is 9.17. The van der Waals surface area contributed by atoms with Crippen molar-refractivity contribution in [2.75, 3.05) is 0 Å². The summed E-state index contributed by atoms with van der Waals surface area (Å²) in [6, 6.07) is 22.3. The first-order valence-corrected chi connectivity index (χ1v) is 9.78. The number of carbonyl (C=O) groups excluding carboxylic acids is 1. The van der Waals surface area contributed by atoms with Crippen molar-refractivity contribution in [3.8, 4) is 23.0 Å². The van der Waals surface area contributed by atoms with Gasteiger partial charge in [0.2, 0.25) is 5.88 Å². The Morgan fingerprint density at radius 1 is 1.00 bits per heavy atom. The lowest BCUT2D eigenvalue weighted by atomic mass is 10.1. The fourth-order valence-electron chi connectivity index (χ4n) is 3.04. The summed E-state index contributed by atoms with van der Waals surface area (Å²) in [6.45, 7) is 2.46. The highest BCUT2D eigenvalue weighted by atomic mass is 19.1. The molecule has 6 heteroatoms. The zero-order valence-corrected chi connectivity index (χ0v) is 16.9. The number of carbonyl (C=O) groups is 1. The van der Waals surface area contributed by atoms with Crippen molar-refractivity contribution in [2.45, 2.75) is 13.5 Å². The van der Waals surface area contributed by atoms with Gasteiger partial charge < -0.3 is 10.1 Å². The first-order chi connectivity index (χ1) is 15.1. The maximum Gasteiger partial charge on any atom is 0.251 e. The maximum absolute atomic E-state index is 13.1. The van der Waals surface area contributed by atoms with Crippen LogP contribution >= 0.6 is 0 Å². The number of ether oxygens (including phenoxy) is 1. The number of rotatable bonds is 6. The SMILES string of the molecule is Cc1ccccc1CNC(=O)c1cccc(Oc2ccnc(-c3ccc(F)cc3)n2)c1. The highest BCUT2D eigenvalue weighted by Crippen LogP contribution is 2.23. The standard InChI is InChI=1S/C25H20FN3O2/c1-17-5-2-3-6-20(17)16-28-25(30)19-7-4-8-22(15-19)31-23-13-14-27-24(29-23)18-9-11-21(26)12-10-18/h2-15H,16H2,1H3,(H,28,30). The molecule has 0 atom stereocenters. The number of nitrogens with one attached hydrogen (secondary N) is 1. The summed E-state index contributed by atoms with van der Waals surface area (Å²) in [5.74, 6) is 0.709. The molecule has 0 aliphatic heterocycles. The van der Waals surface area contributed by atoms with E-state index in [9.17, 15) is 9.18 Å². The van der Waals surface area contributed by atoms with Gasteiger partial charge in [-0.15, -0.1) is 0 Å². The van der Waals surface area contributed by atoms with Gasteiger partial charge in [0.15, 0.2) is 5.82 Å². The summed E-state index contributed by atoms with van der Waals surface area (Å²) in [5, 5.41) is 2.93. The van der Waals surface area contributed by atoms with Gasteiger partial charge in [-0.1, -0.05) is 30.3 Å². The van der Waals surface area contributed by atoms with Crippen LogP contribution in [-0.4, -0.2) is 15.9 Å². The van der Waals surface area contributed by atoms with Crippen LogP contribution in [0, 0.1) is 12.7 Å². The van der Waals surface area contributed by atoms with Crippen molar-refractivity contribution in [3.63, 3.8) is 0 Å². The third-order valence-corrected chi connectivity index (χ3v) is 4.75. The van der Waals surface area contributed by atoms with Crippen LogP contribution in [0.3, 0.4) is 0 Å². The molecule has 0 aliphatic carbocycles. The topological polar surface area (TPSA) is 64.1 Å². The molecule has 3 aromatic carbocycles. The van der Waals surface area contributed by atoms with Crippen molar-refractivity contribution in [1.29, 1.82) is 0 Å². The smallest absolute Gasteiger partial charge is 0.251 e. The second-order valence-corrected chi connectivity index (χ2v) is 6.96. The monoisotopic (exact) mass is 413 g/mol. The van der Waals surface area contributed by atoms with Crippen molar-refractivity contribution < 1.29 is 13.9 Å². The predicted octanol–water partition coefficient (Wildman–Crippen LogP) is 5.31. The molecular weight excluding hydrogens is 393 g/mol. The summed E-state index contributed by atoms with van der Waals surface area (Å²) in [7, 11) is 0. The number of benzene rings is 3. The van der Waals surface area contributed by atoms with E-state index in [1.165, 1.54) is 12.1 Å². The zero-order valence-electron chi connectivity index (χ0n) is 16.9. The number of amides is 1. The van der Waals surface area contributed by atoms with Crippen LogP contribution in [-0.2, 0) is 6.54 Å². The molecule has 0 saturated carbocycles. The number of halogens is 1. The molecule has 0 spiro atoms. The van der Waals surface area contributed by atoms with Gasteiger partial charge in [0.05, 0.1) is 0 Å². The molecule has 1 heterocycles. The molecule has 4 rings (SSSR count). The van der Waals surface area contributed by atoms with Gasteiger partial charge in [-0.2, -0.15) is 4.98 Å². The number of nitrogens with zero attached hydrogens (tertiary/aromatic N) is 2. The minimum absolute atomic E-state index is 0.191. The van der Waals surface area contributed by atoms with E-state index in [1.807, 2.05) is 31.2 Å². The van der Waals surface area contributed by atoms with E-state index in [4.69, 9.17) is 4.74 Å². The summed E-state index contributed by atoms with van der Waals surface area (Å²) >= 11 is 0. The molecule has 1 N–H and O–H groups in total. The van der Waals surface area contributed by atoms with Gasteiger partial charge in [-0.25, -0.2) is 9.37 Å². The fourth-order valence-corrected chi connectivity index (χ4v) is 3.04. The Hall–Kier alpha value is -4.06. The lowest BCUT2D eigenvalue weighted by molar-refractivity contribution is 0.0950. The molecule has 31 heavy (non-hydrogen) atoms. The first kappa shape index (κ1) is 20.2. The predicted molar refractivity (Wildman–Crippen MR) is 116 cm³/mol. The molecular formula is C25H20FN3O2. The minimum atomic E-state index is -0.325. The Kier molecular flexibility index (Phi) is 5.98. The summed E-state index contributed by atoms with van der Waals surface area (Å²) in [6.07, 6.45) is 1.57. The number of hydrogen-bond acceptors (Lipinski definition) is 4. The average molecular weight is 413 g/mol. The van der Waals surface area contributed by atoms with Gasteiger partial charge in [-0.05, 0) is 60.5 Å². The molecule has 0 saturated heterocycles. The fraction of sp³-hybridized carbons (Fsp3) is 0.0800. The molecule has 4 aromatic rings. The van der Waals surface area contributed by atoms with E-state index >= 15 is 0 Å². The van der Waals surface area contributed by atoms with Crippen LogP contribution in [0.5, 0.6) is 11.6 Å². The van der Waals surface area contributed by atoms with E-state index in [2.05, 4.69) is 15.3 Å². The third-order valence-electron chi connectivity index (χ3n) is 4.75. The molecule has 1 amide bonds. The molecule has 0 aliphatic rings. The van der Waals surface area contributed by atoms with Crippen LogP contribution in [0.1, 0.15) is 21.5 Å². The maximum atomic E-state index is 13.1. The molecule has 0 bridgehead atoms. The molecule has 5 nitrogen and oxygen atoms in total. The van der Waals surface area contributed by atoms with Crippen LogP contribution < -0.4 is 10.1 Å². The Balaban J connectivity index is 1.46. The van der Waals surface area contributed by atoms with E-state index in [0.717, 1.165) is 11.1 Å². The normalized spacial score (nSPS) is 10.5. The van der Waals surface area contributed by atoms with Crippen molar-refractivity contribution in [1.82, 2.24) is 15.3 Å². The number of hydrogen-bond donors (Lipinski definition) is 1. The van der Waals surface area contributed by atoms with Gasteiger partial charge >= 0.3 is 0 Å². The van der Waals surface area contributed by atoms with Crippen LogP contribution in [0.25, 0.3) is 11.4 Å². The number of aromatic nitrogens is 2. The largest absolute Gasteiger partial charge is 0.439 e. The third kappa shape index (κ3) is 5.11. The van der Waals surface area contributed by atoms with Crippen molar-refractivity contribution >= 4 is 5.91 Å². The highest BCUT2D eigenvalue weighted by Gasteiger charge is 2.09. The van der Waals surface area contributed by atoms with Gasteiger partial charge in [0, 0.05) is 29.9 Å². The summed E-state index contributed by atoms with van der Waals surface area (Å²) < 4.78 is 19.0. The van der Waals surface area contributed by atoms with Gasteiger partial charge in [0.1, 0.15) is 11.6 Å². The Morgan fingerprint density at radius 3 is 2.61 bits per heavy atom. The summed E-state index contributed by atoms with van der Waals surface area (Å²) in [5.41, 5.74) is 3.35. The van der Waals surface area contributed by atoms with Gasteiger partial charge in [-0.3, -0.25) is 4.79 Å². The van der Waals surface area contributed by atoms with Crippen molar-refractivity contribution in [2.24, 2.45) is 0 Å². The minimum Gasteiger partial charge on any atom is -0.439 e. The number of aryl methyl sites for hydroxylation is 1. The quantitative estimate of drug-likeness (QED) is 0.465. The van der Waals surface area contributed by atoms with E-state index in [0.29, 0.717) is 35.1 Å². The molecule has 154 valence electrons. The van der Waals surface area contributed by atoms with E-state index in [1.54, 1.807) is 48.7 Å². The van der Waals surface area contributed by atoms with Crippen LogP contribution in [0.15, 0.2) is 85.1 Å². The molecule has 1 aromatic heterocycles. The Morgan fingerprint density at radius 2 is 1.81 bits per heavy atom. The molecule has 0 unspecified atom stereocenters. The van der Waals surface area contributed by atoms with Crippen molar-refractivity contribution in [3.05, 3.63) is 108 Å². The molecule has 0 fully saturated rings. The lowest BCUT2D eigenvalue weighted by Crippen LogP contribution is -2.23. The van der Waals surface area contributed by atoms with E-state index in [-0.39, 0.29) is 11.7 Å². The zero-order chi connectivity index (χ0) is 21.6. The van der Waals surface area contributed by atoms with E-state index < -0.39 is 0 Å².